The van der Waals surface area contributed by atoms with Crippen LogP contribution in [0, 0.1) is 10.1 Å². The average molecular weight is 468 g/mol. The number of aromatic nitrogens is 1. The lowest BCUT2D eigenvalue weighted by atomic mass is 10.1. The van der Waals surface area contributed by atoms with Gasteiger partial charge in [-0.15, -0.1) is 11.3 Å². The molecule has 0 aliphatic carbocycles. The molecule has 0 saturated carbocycles. The Morgan fingerprint density at radius 3 is 2.47 bits per heavy atom. The third kappa shape index (κ3) is 4.66. The summed E-state index contributed by atoms with van der Waals surface area (Å²) >= 11 is 1.63. The van der Waals surface area contributed by atoms with Gasteiger partial charge in [-0.3, -0.25) is 14.9 Å². The van der Waals surface area contributed by atoms with Crippen molar-refractivity contribution in [2.75, 3.05) is 11.6 Å². The van der Waals surface area contributed by atoms with Gasteiger partial charge in [0.2, 0.25) is 0 Å². The number of thiazole rings is 1. The minimum atomic E-state index is -3.80. The third-order valence-corrected chi connectivity index (χ3v) is 6.90. The van der Waals surface area contributed by atoms with Crippen molar-refractivity contribution in [1.82, 2.24) is 4.98 Å². The first-order valence-corrected chi connectivity index (χ1v) is 12.1. The predicted molar refractivity (Wildman–Crippen MR) is 123 cm³/mol. The monoisotopic (exact) mass is 467 g/mol. The molecule has 1 amide bonds. The van der Waals surface area contributed by atoms with E-state index in [9.17, 15) is 23.3 Å². The zero-order chi connectivity index (χ0) is 22.9. The smallest absolute Gasteiger partial charge is 0.288 e. The van der Waals surface area contributed by atoms with Crippen molar-refractivity contribution in [2.24, 2.45) is 0 Å². The van der Waals surface area contributed by atoms with Crippen LogP contribution in [0.3, 0.4) is 0 Å². The Balaban J connectivity index is 1.49. The van der Waals surface area contributed by atoms with Crippen LogP contribution >= 0.6 is 11.3 Å². The molecule has 0 aliphatic heterocycles. The largest absolute Gasteiger partial charge is 0.322 e. The number of nitro benzene ring substituents is 1. The van der Waals surface area contributed by atoms with Gasteiger partial charge < -0.3 is 5.32 Å². The molecule has 8 nitrogen and oxygen atoms in total. The summed E-state index contributed by atoms with van der Waals surface area (Å²) in [7, 11) is -3.80. The van der Waals surface area contributed by atoms with E-state index in [4.69, 9.17) is 0 Å². The highest BCUT2D eigenvalue weighted by Gasteiger charge is 2.24. The molecular formula is C22H17N3O5S2. The third-order valence-electron chi connectivity index (χ3n) is 4.72. The Morgan fingerprint density at radius 1 is 1.09 bits per heavy atom. The lowest BCUT2D eigenvalue weighted by Gasteiger charge is -2.08. The van der Waals surface area contributed by atoms with Crippen molar-refractivity contribution in [3.05, 3.63) is 93.0 Å². The van der Waals surface area contributed by atoms with Crippen molar-refractivity contribution >= 4 is 48.7 Å². The molecule has 4 aromatic rings. The van der Waals surface area contributed by atoms with Crippen LogP contribution in [-0.2, 0) is 16.3 Å². The number of carbonyl (C=O) groups excluding carboxylic acids is 1. The highest BCUT2D eigenvalue weighted by molar-refractivity contribution is 7.90. The molecule has 0 saturated heterocycles. The maximum atomic E-state index is 12.5. The van der Waals surface area contributed by atoms with Gasteiger partial charge >= 0.3 is 0 Å². The summed E-state index contributed by atoms with van der Waals surface area (Å²) < 4.78 is 24.6. The van der Waals surface area contributed by atoms with Crippen molar-refractivity contribution in [1.29, 1.82) is 0 Å². The fraction of sp³-hybridized carbons (Fsp3) is 0.0909. The Kier molecular flexibility index (Phi) is 5.72. The number of nitrogens with one attached hydrogen (secondary N) is 1. The van der Waals surface area contributed by atoms with Gasteiger partial charge in [0.1, 0.15) is 4.90 Å². The molecule has 162 valence electrons. The van der Waals surface area contributed by atoms with E-state index < -0.39 is 31.3 Å². The standard InChI is InChI=1S/C22H17N3O5S2/c1-32(29,30)20-11-8-15(13-18(20)25(27)28)22(26)23-16-9-6-14(7-10-16)12-21-24-17-4-2-3-5-19(17)31-21/h2-11,13H,12H2,1H3,(H,23,26). The second-order valence-electron chi connectivity index (χ2n) is 7.11. The van der Waals surface area contributed by atoms with Crippen molar-refractivity contribution in [3.63, 3.8) is 0 Å². The molecule has 1 N–H and O–H groups in total. The summed E-state index contributed by atoms with van der Waals surface area (Å²) in [5.41, 5.74) is 1.86. The van der Waals surface area contributed by atoms with Crippen molar-refractivity contribution < 1.29 is 18.1 Å². The SMILES string of the molecule is CS(=O)(=O)c1ccc(C(=O)Nc2ccc(Cc3nc4ccccc4s3)cc2)cc1[N+](=O)[O-]. The Morgan fingerprint density at radius 2 is 1.81 bits per heavy atom. The Hall–Kier alpha value is -3.63. The minimum Gasteiger partial charge on any atom is -0.322 e. The average Bonchev–Trinajstić information content (AvgIpc) is 3.16. The van der Waals surface area contributed by atoms with Crippen LogP contribution in [0.4, 0.5) is 11.4 Å². The van der Waals surface area contributed by atoms with E-state index in [1.165, 1.54) is 6.07 Å². The van der Waals surface area contributed by atoms with Crippen LogP contribution in [0.25, 0.3) is 10.2 Å². The van der Waals surface area contributed by atoms with Crippen molar-refractivity contribution in [3.8, 4) is 0 Å². The van der Waals surface area contributed by atoms with E-state index in [-0.39, 0.29) is 5.56 Å². The molecular weight excluding hydrogens is 450 g/mol. The summed E-state index contributed by atoms with van der Waals surface area (Å²) in [5.74, 6) is -0.577. The Bertz CT molecular complexity index is 1410. The Labute approximate surface area is 187 Å². The van der Waals surface area contributed by atoms with Crippen LogP contribution in [0.15, 0.2) is 71.6 Å². The van der Waals surface area contributed by atoms with Gasteiger partial charge in [-0.05, 0) is 42.0 Å². The van der Waals surface area contributed by atoms with Gasteiger partial charge in [0, 0.05) is 30.0 Å². The maximum absolute atomic E-state index is 12.5. The van der Waals surface area contributed by atoms with E-state index >= 15 is 0 Å². The van der Waals surface area contributed by atoms with Gasteiger partial charge in [0.25, 0.3) is 11.6 Å². The number of hydrogen-bond acceptors (Lipinski definition) is 7. The second-order valence-corrected chi connectivity index (χ2v) is 10.2. The highest BCUT2D eigenvalue weighted by atomic mass is 32.2. The van der Waals surface area contributed by atoms with Crippen LogP contribution in [0.5, 0.6) is 0 Å². The molecule has 0 aliphatic rings. The van der Waals surface area contributed by atoms with E-state index in [0.29, 0.717) is 12.1 Å². The summed E-state index contributed by atoms with van der Waals surface area (Å²) in [6.45, 7) is 0. The number of para-hydroxylation sites is 1. The number of nitrogens with zero attached hydrogens (tertiary/aromatic N) is 2. The number of fused-ring (bicyclic) bond motifs is 1. The molecule has 0 unspecified atom stereocenters. The number of carbonyl (C=O) groups is 1. The number of sulfone groups is 1. The summed E-state index contributed by atoms with van der Waals surface area (Å²) in [6, 6.07) is 18.4. The van der Waals surface area contributed by atoms with Crippen molar-refractivity contribution in [2.45, 2.75) is 11.3 Å². The summed E-state index contributed by atoms with van der Waals surface area (Å²) in [5, 5.41) is 14.9. The molecule has 4 rings (SSSR count). The summed E-state index contributed by atoms with van der Waals surface area (Å²) in [4.78, 5) is 27.2. The molecule has 0 bridgehead atoms. The molecule has 0 fully saturated rings. The molecule has 0 radical (unpaired) electrons. The van der Waals surface area contributed by atoms with Gasteiger partial charge in [0.05, 0.1) is 20.1 Å². The van der Waals surface area contributed by atoms with Gasteiger partial charge in [-0.2, -0.15) is 0 Å². The van der Waals surface area contributed by atoms with Gasteiger partial charge in [0.15, 0.2) is 9.84 Å². The van der Waals surface area contributed by atoms with Crippen LogP contribution < -0.4 is 5.32 Å². The molecule has 1 aromatic heterocycles. The quantitative estimate of drug-likeness (QED) is 0.330. The lowest BCUT2D eigenvalue weighted by Crippen LogP contribution is -2.13. The number of amides is 1. The van der Waals surface area contributed by atoms with E-state index in [1.807, 2.05) is 36.4 Å². The molecule has 0 spiro atoms. The van der Waals surface area contributed by atoms with E-state index in [0.717, 1.165) is 39.2 Å². The first-order valence-electron chi connectivity index (χ1n) is 9.44. The van der Waals surface area contributed by atoms with Crippen LogP contribution in [0.2, 0.25) is 0 Å². The highest BCUT2D eigenvalue weighted by Crippen LogP contribution is 2.26. The molecule has 0 atom stereocenters. The first-order chi connectivity index (χ1) is 15.2. The second kappa shape index (κ2) is 8.48. The first kappa shape index (κ1) is 21.6. The number of hydrogen-bond donors (Lipinski definition) is 1. The summed E-state index contributed by atoms with van der Waals surface area (Å²) in [6.07, 6.45) is 1.54. The van der Waals surface area contributed by atoms with E-state index in [2.05, 4.69) is 10.3 Å². The molecule has 10 heteroatoms. The lowest BCUT2D eigenvalue weighted by molar-refractivity contribution is -0.387. The molecule has 1 heterocycles. The predicted octanol–water partition coefficient (Wildman–Crippen LogP) is 4.45. The molecule has 3 aromatic carbocycles. The number of rotatable bonds is 6. The van der Waals surface area contributed by atoms with Crippen LogP contribution in [-0.4, -0.2) is 30.5 Å². The fourth-order valence-corrected chi connectivity index (χ4v) is 5.02. The number of anilines is 1. The van der Waals surface area contributed by atoms with Gasteiger partial charge in [-0.1, -0.05) is 24.3 Å². The number of nitro groups is 1. The normalized spacial score (nSPS) is 11.4. The zero-order valence-electron chi connectivity index (χ0n) is 16.8. The number of benzene rings is 3. The fourth-order valence-electron chi connectivity index (χ4n) is 3.19. The minimum absolute atomic E-state index is 0.0114. The topological polar surface area (TPSA) is 119 Å². The van der Waals surface area contributed by atoms with Gasteiger partial charge in [-0.25, -0.2) is 13.4 Å². The molecule has 32 heavy (non-hydrogen) atoms. The van der Waals surface area contributed by atoms with E-state index in [1.54, 1.807) is 23.5 Å². The van der Waals surface area contributed by atoms with Crippen LogP contribution in [0.1, 0.15) is 20.9 Å². The maximum Gasteiger partial charge on any atom is 0.288 e. The zero-order valence-corrected chi connectivity index (χ0v) is 18.4.